The highest BCUT2D eigenvalue weighted by Gasteiger charge is 2.05. The molecule has 0 atom stereocenters. The van der Waals surface area contributed by atoms with Crippen molar-refractivity contribution >= 4 is 37.5 Å². The summed E-state index contributed by atoms with van der Waals surface area (Å²) in [6.45, 7) is 8.72. The third-order valence-corrected chi connectivity index (χ3v) is 2.18. The first-order valence-corrected chi connectivity index (χ1v) is 4.44. The Labute approximate surface area is 81.7 Å². The molecule has 0 radical (unpaired) electrons. The summed E-state index contributed by atoms with van der Waals surface area (Å²) in [4.78, 5) is 7.36. The largest absolute Gasteiger partial charge is 0.246 e. The van der Waals surface area contributed by atoms with Gasteiger partial charge in [0, 0.05) is 0 Å². The number of aromatic nitrogens is 1. The summed E-state index contributed by atoms with van der Waals surface area (Å²) in [6.07, 6.45) is 0. The minimum absolute atomic E-state index is 0.577. The van der Waals surface area contributed by atoms with E-state index in [9.17, 15) is 0 Å². The maximum absolute atomic E-state index is 6.84. The summed E-state index contributed by atoms with van der Waals surface area (Å²) in [6, 6.07) is 1.82. The van der Waals surface area contributed by atoms with Crippen LogP contribution in [0, 0.1) is 13.5 Å². The molecule has 0 fully saturated rings. The van der Waals surface area contributed by atoms with Crippen molar-refractivity contribution in [1.29, 1.82) is 0 Å². The summed E-state index contributed by atoms with van der Waals surface area (Å²) in [7, 11) is 0. The lowest BCUT2D eigenvalue weighted by molar-refractivity contribution is 1.21. The van der Waals surface area contributed by atoms with E-state index in [1.54, 1.807) is 0 Å². The highest BCUT2D eigenvalue weighted by Crippen LogP contribution is 2.29. The van der Waals surface area contributed by atoms with E-state index in [0.717, 1.165) is 10.2 Å². The van der Waals surface area contributed by atoms with Gasteiger partial charge in [0.1, 0.15) is 9.21 Å². The van der Waals surface area contributed by atoms with Crippen LogP contribution in [-0.2, 0) is 0 Å². The predicted molar refractivity (Wildman–Crippen MR) is 50.6 cm³/mol. The predicted octanol–water partition coefficient (Wildman–Crippen LogP) is 3.47. The van der Waals surface area contributed by atoms with Crippen LogP contribution in [0.5, 0.6) is 0 Å². The molecule has 1 aromatic rings. The van der Waals surface area contributed by atoms with Crippen molar-refractivity contribution in [2.75, 3.05) is 0 Å². The number of hydrogen-bond acceptors (Lipinski definition) is 1. The molecule has 0 spiro atoms. The van der Waals surface area contributed by atoms with Crippen molar-refractivity contribution in [1.82, 2.24) is 4.98 Å². The summed E-state index contributed by atoms with van der Waals surface area (Å²) in [5.74, 6) is 0. The quantitative estimate of drug-likeness (QED) is 0.524. The molecule has 1 heterocycles. The Morgan fingerprint density at radius 3 is 2.64 bits per heavy atom. The molecule has 0 unspecified atom stereocenters. The molecule has 0 saturated carbocycles. The monoisotopic (exact) mass is 274 g/mol. The van der Waals surface area contributed by atoms with Crippen LogP contribution in [0.15, 0.2) is 15.3 Å². The maximum atomic E-state index is 6.84. The van der Waals surface area contributed by atoms with Crippen LogP contribution in [0.3, 0.4) is 0 Å². The van der Waals surface area contributed by atoms with Gasteiger partial charge < -0.3 is 0 Å². The number of hydrogen-bond donors (Lipinski definition) is 0. The van der Waals surface area contributed by atoms with E-state index >= 15 is 0 Å². The molecule has 0 aliphatic heterocycles. The Kier molecular flexibility index (Phi) is 2.63. The average molecular weight is 276 g/mol. The van der Waals surface area contributed by atoms with Crippen LogP contribution >= 0.6 is 31.9 Å². The van der Waals surface area contributed by atoms with E-state index < -0.39 is 0 Å². The number of halogens is 2. The first-order valence-electron chi connectivity index (χ1n) is 2.85. The lowest BCUT2D eigenvalue weighted by Gasteiger charge is -1.99. The zero-order chi connectivity index (χ0) is 8.43. The van der Waals surface area contributed by atoms with E-state index in [-0.39, 0.29) is 0 Å². The molecule has 56 valence electrons. The zero-order valence-electron chi connectivity index (χ0n) is 5.73. The van der Waals surface area contributed by atoms with E-state index in [0.29, 0.717) is 10.3 Å². The summed E-state index contributed by atoms with van der Waals surface area (Å²) in [5, 5.41) is 0. The third kappa shape index (κ3) is 1.79. The topological polar surface area (TPSA) is 17.2 Å². The van der Waals surface area contributed by atoms with Gasteiger partial charge in [-0.3, -0.25) is 0 Å². The number of nitrogens with zero attached hydrogens (tertiary/aromatic N) is 2. The number of rotatable bonds is 0. The molecule has 0 bridgehead atoms. The van der Waals surface area contributed by atoms with Gasteiger partial charge in [-0.15, -0.1) is 0 Å². The van der Waals surface area contributed by atoms with Crippen molar-refractivity contribution in [2.24, 2.45) is 0 Å². The molecular formula is C7H4Br2N2. The highest BCUT2D eigenvalue weighted by molar-refractivity contribution is 9.11. The van der Waals surface area contributed by atoms with Crippen LogP contribution < -0.4 is 0 Å². The van der Waals surface area contributed by atoms with Crippen molar-refractivity contribution in [3.8, 4) is 0 Å². The van der Waals surface area contributed by atoms with Gasteiger partial charge in [0.15, 0.2) is 0 Å². The fourth-order valence-electron chi connectivity index (χ4n) is 0.723. The van der Waals surface area contributed by atoms with Crippen molar-refractivity contribution < 1.29 is 0 Å². The number of pyridine rings is 1. The fourth-order valence-corrected chi connectivity index (χ4v) is 2.07. The van der Waals surface area contributed by atoms with E-state index in [1.807, 2.05) is 13.0 Å². The molecule has 0 amide bonds. The lowest BCUT2D eigenvalue weighted by Crippen LogP contribution is -1.81. The number of aryl methyl sites for hydroxylation is 1. The smallest absolute Gasteiger partial charge is 0.222 e. The minimum atomic E-state index is 0.577. The molecule has 0 aromatic carbocycles. The van der Waals surface area contributed by atoms with Gasteiger partial charge in [0.25, 0.3) is 0 Å². The molecule has 11 heavy (non-hydrogen) atoms. The zero-order valence-corrected chi connectivity index (χ0v) is 8.90. The fraction of sp³-hybridized carbons (Fsp3) is 0.143. The van der Waals surface area contributed by atoms with Crippen LogP contribution in [0.1, 0.15) is 5.56 Å². The molecule has 1 aromatic heterocycles. The lowest BCUT2D eigenvalue weighted by atomic mass is 10.3. The summed E-state index contributed by atoms with van der Waals surface area (Å²) >= 11 is 6.44. The van der Waals surface area contributed by atoms with Crippen LogP contribution in [0.25, 0.3) is 4.85 Å². The molecule has 0 saturated heterocycles. The molecule has 2 nitrogen and oxygen atoms in total. The summed E-state index contributed by atoms with van der Waals surface area (Å²) in [5.41, 5.74) is 1.50. The van der Waals surface area contributed by atoms with Gasteiger partial charge in [0.2, 0.25) is 5.69 Å². The van der Waals surface area contributed by atoms with Crippen molar-refractivity contribution in [3.05, 3.63) is 32.3 Å². The Hall–Kier alpha value is -0.400. The van der Waals surface area contributed by atoms with E-state index in [2.05, 4.69) is 41.7 Å². The second kappa shape index (κ2) is 3.33. The maximum Gasteiger partial charge on any atom is 0.222 e. The van der Waals surface area contributed by atoms with Gasteiger partial charge >= 0.3 is 0 Å². The summed E-state index contributed by atoms with van der Waals surface area (Å²) < 4.78 is 1.34. The normalized spacial score (nSPS) is 9.27. The van der Waals surface area contributed by atoms with Gasteiger partial charge in [-0.1, -0.05) is 0 Å². The SMILES string of the molecule is [C-]#[N+]c1c(C)cc(Br)nc1Br. The second-order valence-corrected chi connectivity index (χ2v) is 3.58. The van der Waals surface area contributed by atoms with Crippen molar-refractivity contribution in [3.63, 3.8) is 0 Å². The van der Waals surface area contributed by atoms with Crippen LogP contribution in [-0.4, -0.2) is 4.98 Å². The Balaban J connectivity index is 3.40. The Bertz CT molecular complexity index is 305. The molecule has 0 aliphatic rings. The standard InChI is InChI=1S/C7H4Br2N2/c1-4-3-5(8)11-7(9)6(4)10-2/h3H,1H3. The van der Waals surface area contributed by atoms with Gasteiger partial charge in [-0.25, -0.2) is 9.83 Å². The Morgan fingerprint density at radius 2 is 2.18 bits per heavy atom. The second-order valence-electron chi connectivity index (χ2n) is 2.01. The molecule has 1 rings (SSSR count). The third-order valence-electron chi connectivity index (χ3n) is 1.22. The molecular weight excluding hydrogens is 272 g/mol. The van der Waals surface area contributed by atoms with Crippen LogP contribution in [0.4, 0.5) is 5.69 Å². The highest BCUT2D eigenvalue weighted by atomic mass is 79.9. The minimum Gasteiger partial charge on any atom is -0.246 e. The molecule has 0 N–H and O–H groups in total. The molecule has 4 heteroatoms. The first kappa shape index (κ1) is 8.69. The van der Waals surface area contributed by atoms with Gasteiger partial charge in [0.05, 0.1) is 6.57 Å². The van der Waals surface area contributed by atoms with Gasteiger partial charge in [-0.2, -0.15) is 0 Å². The first-order chi connectivity index (χ1) is 5.15. The molecule has 0 aliphatic carbocycles. The Morgan fingerprint density at radius 1 is 1.55 bits per heavy atom. The van der Waals surface area contributed by atoms with E-state index in [4.69, 9.17) is 6.57 Å². The van der Waals surface area contributed by atoms with E-state index in [1.165, 1.54) is 0 Å². The average Bonchev–Trinajstić information content (AvgIpc) is 1.85. The van der Waals surface area contributed by atoms with Crippen LogP contribution in [0.2, 0.25) is 0 Å². The van der Waals surface area contributed by atoms with Crippen molar-refractivity contribution in [2.45, 2.75) is 6.92 Å². The van der Waals surface area contributed by atoms with Gasteiger partial charge in [-0.05, 0) is 50.4 Å².